The average molecular weight is 244 g/mol. The molecule has 0 spiro atoms. The number of nitrogens with one attached hydrogen (secondary N) is 1. The smallest absolute Gasteiger partial charge is 0.0906 e. The summed E-state index contributed by atoms with van der Waals surface area (Å²) in [5.74, 6) is 0. The van der Waals surface area contributed by atoms with Gasteiger partial charge in [-0.25, -0.2) is 0 Å². The number of hydrogen-bond acceptors (Lipinski definition) is 2. The molecule has 102 valence electrons. The number of nitrogens with zero attached hydrogens (tertiary/aromatic N) is 1. The summed E-state index contributed by atoms with van der Waals surface area (Å²) in [5.41, 5.74) is 0.263. The van der Waals surface area contributed by atoms with Gasteiger partial charge in [-0.15, -0.1) is 0 Å². The SMILES string of the molecule is CCCC1CN(CCCF)C(CC)(CC)CN1. The average Bonchev–Trinajstić information content (AvgIpc) is 2.37. The van der Waals surface area contributed by atoms with Crippen LogP contribution in [-0.4, -0.2) is 42.8 Å². The molecule has 1 saturated heterocycles. The molecule has 1 aliphatic rings. The molecule has 1 heterocycles. The van der Waals surface area contributed by atoms with Gasteiger partial charge in [0.05, 0.1) is 6.67 Å². The summed E-state index contributed by atoms with van der Waals surface area (Å²) in [7, 11) is 0. The second kappa shape index (κ2) is 7.32. The van der Waals surface area contributed by atoms with E-state index < -0.39 is 0 Å². The van der Waals surface area contributed by atoms with E-state index in [0.717, 1.165) is 32.5 Å². The van der Waals surface area contributed by atoms with Gasteiger partial charge in [0.1, 0.15) is 0 Å². The molecule has 3 heteroatoms. The highest BCUT2D eigenvalue weighted by Gasteiger charge is 2.37. The molecule has 1 N–H and O–H groups in total. The molecule has 0 aromatic heterocycles. The number of hydrogen-bond donors (Lipinski definition) is 1. The molecular weight excluding hydrogens is 215 g/mol. The minimum Gasteiger partial charge on any atom is -0.311 e. The van der Waals surface area contributed by atoms with Crippen LogP contribution in [0, 0.1) is 0 Å². The predicted octanol–water partition coefficient (Wildman–Crippen LogP) is 2.98. The van der Waals surface area contributed by atoms with Crippen molar-refractivity contribution in [1.29, 1.82) is 0 Å². The van der Waals surface area contributed by atoms with Gasteiger partial charge in [0.25, 0.3) is 0 Å². The van der Waals surface area contributed by atoms with Crippen LogP contribution in [0.3, 0.4) is 0 Å². The van der Waals surface area contributed by atoms with Gasteiger partial charge < -0.3 is 5.32 Å². The zero-order chi connectivity index (χ0) is 12.7. The quantitative estimate of drug-likeness (QED) is 0.740. The topological polar surface area (TPSA) is 15.3 Å². The largest absolute Gasteiger partial charge is 0.311 e. The molecule has 2 nitrogen and oxygen atoms in total. The molecule has 0 aromatic carbocycles. The van der Waals surface area contributed by atoms with Gasteiger partial charge in [-0.2, -0.15) is 0 Å². The highest BCUT2D eigenvalue weighted by atomic mass is 19.1. The molecular formula is C14H29FN2. The summed E-state index contributed by atoms with van der Waals surface area (Å²) in [6.07, 6.45) is 5.44. The van der Waals surface area contributed by atoms with Crippen molar-refractivity contribution < 1.29 is 4.39 Å². The van der Waals surface area contributed by atoms with E-state index in [1.54, 1.807) is 0 Å². The fourth-order valence-electron chi connectivity index (χ4n) is 3.04. The molecule has 0 radical (unpaired) electrons. The first-order valence-corrected chi connectivity index (χ1v) is 7.26. The summed E-state index contributed by atoms with van der Waals surface area (Å²) in [5, 5.41) is 3.68. The second-order valence-electron chi connectivity index (χ2n) is 5.29. The molecule has 0 saturated carbocycles. The maximum absolute atomic E-state index is 12.4. The van der Waals surface area contributed by atoms with Crippen LogP contribution in [0.4, 0.5) is 4.39 Å². The summed E-state index contributed by atoms with van der Waals surface area (Å²) in [6, 6.07) is 0.603. The maximum Gasteiger partial charge on any atom is 0.0906 e. The lowest BCUT2D eigenvalue weighted by atomic mass is 9.86. The van der Waals surface area contributed by atoms with E-state index >= 15 is 0 Å². The Morgan fingerprint density at radius 3 is 2.53 bits per heavy atom. The van der Waals surface area contributed by atoms with Gasteiger partial charge in [-0.3, -0.25) is 9.29 Å². The van der Waals surface area contributed by atoms with Crippen LogP contribution in [-0.2, 0) is 0 Å². The third kappa shape index (κ3) is 3.65. The molecule has 1 unspecified atom stereocenters. The lowest BCUT2D eigenvalue weighted by Gasteiger charge is -2.50. The van der Waals surface area contributed by atoms with E-state index in [4.69, 9.17) is 0 Å². The molecule has 1 atom stereocenters. The Balaban J connectivity index is 2.64. The van der Waals surface area contributed by atoms with Crippen molar-refractivity contribution in [3.05, 3.63) is 0 Å². The van der Waals surface area contributed by atoms with Crippen LogP contribution in [0.5, 0.6) is 0 Å². The first kappa shape index (κ1) is 14.9. The molecule has 1 fully saturated rings. The molecule has 0 amide bonds. The Morgan fingerprint density at radius 2 is 2.00 bits per heavy atom. The Bertz CT molecular complexity index is 204. The van der Waals surface area contributed by atoms with E-state index in [1.807, 2.05) is 0 Å². The van der Waals surface area contributed by atoms with Crippen molar-refractivity contribution in [2.75, 3.05) is 26.3 Å². The number of alkyl halides is 1. The van der Waals surface area contributed by atoms with Crippen molar-refractivity contribution in [3.8, 4) is 0 Å². The molecule has 1 aliphatic heterocycles. The van der Waals surface area contributed by atoms with Crippen LogP contribution in [0.15, 0.2) is 0 Å². The third-order valence-corrected chi connectivity index (χ3v) is 4.35. The fraction of sp³-hybridized carbons (Fsp3) is 1.00. The van der Waals surface area contributed by atoms with E-state index in [2.05, 4.69) is 31.0 Å². The number of rotatable bonds is 7. The van der Waals surface area contributed by atoms with E-state index in [-0.39, 0.29) is 12.2 Å². The van der Waals surface area contributed by atoms with Gasteiger partial charge in [0.15, 0.2) is 0 Å². The van der Waals surface area contributed by atoms with Crippen molar-refractivity contribution in [2.45, 2.75) is 64.5 Å². The van der Waals surface area contributed by atoms with Gasteiger partial charge >= 0.3 is 0 Å². The summed E-state index contributed by atoms with van der Waals surface area (Å²) < 4.78 is 12.4. The third-order valence-electron chi connectivity index (χ3n) is 4.35. The van der Waals surface area contributed by atoms with Crippen LogP contribution < -0.4 is 5.32 Å². The molecule has 1 rings (SSSR count). The Kier molecular flexibility index (Phi) is 6.42. The van der Waals surface area contributed by atoms with Crippen LogP contribution >= 0.6 is 0 Å². The maximum atomic E-state index is 12.4. The highest BCUT2D eigenvalue weighted by molar-refractivity contribution is 4.97. The summed E-state index contributed by atoms with van der Waals surface area (Å²) >= 11 is 0. The predicted molar refractivity (Wildman–Crippen MR) is 72.2 cm³/mol. The summed E-state index contributed by atoms with van der Waals surface area (Å²) in [4.78, 5) is 2.55. The Hall–Kier alpha value is -0.150. The second-order valence-corrected chi connectivity index (χ2v) is 5.29. The lowest BCUT2D eigenvalue weighted by Crippen LogP contribution is -2.64. The number of piperazine rings is 1. The molecule has 17 heavy (non-hydrogen) atoms. The lowest BCUT2D eigenvalue weighted by molar-refractivity contribution is 0.0276. The standard InChI is InChI=1S/C14H29FN2/c1-4-8-13-11-17(10-7-9-15)14(5-2,6-3)12-16-13/h13,16H,4-12H2,1-3H3. The van der Waals surface area contributed by atoms with E-state index in [9.17, 15) is 4.39 Å². The molecule has 0 aromatic rings. The minimum atomic E-state index is -0.189. The van der Waals surface area contributed by atoms with Gasteiger partial charge in [0.2, 0.25) is 0 Å². The monoisotopic (exact) mass is 244 g/mol. The fourth-order valence-corrected chi connectivity index (χ4v) is 3.04. The van der Waals surface area contributed by atoms with Gasteiger partial charge in [-0.1, -0.05) is 27.2 Å². The van der Waals surface area contributed by atoms with Crippen molar-refractivity contribution in [2.24, 2.45) is 0 Å². The van der Waals surface area contributed by atoms with Crippen molar-refractivity contribution >= 4 is 0 Å². The van der Waals surface area contributed by atoms with Crippen LogP contribution in [0.2, 0.25) is 0 Å². The van der Waals surface area contributed by atoms with Crippen LogP contribution in [0.1, 0.15) is 52.9 Å². The molecule has 0 bridgehead atoms. The number of halogens is 1. The Labute approximate surface area is 106 Å². The molecule has 0 aliphatic carbocycles. The van der Waals surface area contributed by atoms with Gasteiger partial charge in [-0.05, 0) is 25.7 Å². The van der Waals surface area contributed by atoms with E-state index in [0.29, 0.717) is 12.5 Å². The minimum absolute atomic E-state index is 0.189. The van der Waals surface area contributed by atoms with Crippen LogP contribution in [0.25, 0.3) is 0 Å². The zero-order valence-electron chi connectivity index (χ0n) is 11.8. The highest BCUT2D eigenvalue weighted by Crippen LogP contribution is 2.27. The zero-order valence-corrected chi connectivity index (χ0v) is 11.8. The van der Waals surface area contributed by atoms with Gasteiger partial charge in [0, 0.05) is 31.2 Å². The summed E-state index contributed by atoms with van der Waals surface area (Å²) in [6.45, 7) is 9.63. The Morgan fingerprint density at radius 1 is 1.29 bits per heavy atom. The van der Waals surface area contributed by atoms with Crippen molar-refractivity contribution in [1.82, 2.24) is 10.2 Å². The van der Waals surface area contributed by atoms with E-state index in [1.165, 1.54) is 12.8 Å². The normalized spacial score (nSPS) is 25.1. The first-order chi connectivity index (χ1) is 8.22. The first-order valence-electron chi connectivity index (χ1n) is 7.26. The van der Waals surface area contributed by atoms with Crippen molar-refractivity contribution in [3.63, 3.8) is 0 Å².